The second-order valence-corrected chi connectivity index (χ2v) is 8.67. The molecule has 1 N–H and O–H groups in total. The summed E-state index contributed by atoms with van der Waals surface area (Å²) in [5.41, 5.74) is 3.62. The summed E-state index contributed by atoms with van der Waals surface area (Å²) < 4.78 is 6.81. The molecule has 132 valence electrons. The number of hydrogen-bond donors (Lipinski definition) is 1. The average molecular weight is 338 g/mol. The van der Waals surface area contributed by atoms with Gasteiger partial charge in [-0.3, -0.25) is 4.90 Å². The van der Waals surface area contributed by atoms with Crippen LogP contribution in [0.5, 0.6) is 0 Å². The van der Waals surface area contributed by atoms with Crippen molar-refractivity contribution in [2.45, 2.75) is 36.9 Å². The van der Waals surface area contributed by atoms with E-state index < -0.39 is 0 Å². The number of benzene rings is 1. The molecule has 1 aromatic carbocycles. The molecule has 0 spiro atoms. The first kappa shape index (κ1) is 14.8. The minimum atomic E-state index is -0.312. The number of aliphatic hydroxyl groups excluding tert-OH is 1. The van der Waals surface area contributed by atoms with E-state index in [9.17, 15) is 5.11 Å². The summed E-state index contributed by atoms with van der Waals surface area (Å²) in [6.07, 6.45) is 4.50. The molecule has 4 fully saturated rings. The summed E-state index contributed by atoms with van der Waals surface area (Å²) >= 11 is 0. The third-order valence-electron chi connectivity index (χ3n) is 8.51. The molecule has 5 atom stereocenters. The lowest BCUT2D eigenvalue weighted by Crippen LogP contribution is -2.79. The zero-order chi connectivity index (χ0) is 17.0. The van der Waals surface area contributed by atoms with E-state index in [4.69, 9.17) is 4.74 Å². The highest BCUT2D eigenvalue weighted by Crippen LogP contribution is 2.75. The topological polar surface area (TPSA) is 35.9 Å². The molecule has 4 heterocycles. The minimum Gasteiger partial charge on any atom is -0.396 e. The van der Waals surface area contributed by atoms with E-state index >= 15 is 0 Å². The Kier molecular flexibility index (Phi) is 2.54. The molecule has 0 unspecified atom stereocenters. The van der Waals surface area contributed by atoms with Crippen LogP contribution in [0, 0.1) is 11.3 Å². The van der Waals surface area contributed by atoms with Crippen molar-refractivity contribution in [3.05, 3.63) is 41.5 Å². The number of aliphatic hydroxyl groups is 1. The van der Waals surface area contributed by atoms with Gasteiger partial charge in [0.1, 0.15) is 0 Å². The fourth-order valence-electron chi connectivity index (χ4n) is 7.65. The number of hydrogen-bond acceptors (Lipinski definition) is 4. The van der Waals surface area contributed by atoms with E-state index in [1.165, 1.54) is 16.8 Å². The van der Waals surface area contributed by atoms with E-state index in [0.717, 1.165) is 25.9 Å². The number of nitrogens with zero attached hydrogens (tertiary/aromatic N) is 2. The van der Waals surface area contributed by atoms with Gasteiger partial charge in [0.15, 0.2) is 5.72 Å². The van der Waals surface area contributed by atoms with Crippen molar-refractivity contribution in [3.8, 4) is 0 Å². The summed E-state index contributed by atoms with van der Waals surface area (Å²) in [7, 11) is 2.21. The third kappa shape index (κ3) is 1.20. The quantitative estimate of drug-likeness (QED) is 0.796. The molecule has 4 heteroatoms. The van der Waals surface area contributed by atoms with Crippen molar-refractivity contribution in [2.24, 2.45) is 11.3 Å². The SMILES string of the molecule is C/C=C1/CN2CC[C@@]34c5ccccc5N(C)[C@]35OC[C@@]4(CO)[C@H]1C[C@H]25. The van der Waals surface area contributed by atoms with Crippen LogP contribution in [0.25, 0.3) is 0 Å². The van der Waals surface area contributed by atoms with Crippen molar-refractivity contribution in [1.82, 2.24) is 4.90 Å². The van der Waals surface area contributed by atoms with Crippen LogP contribution in [0.3, 0.4) is 0 Å². The molecule has 25 heavy (non-hydrogen) atoms. The molecular formula is C21H26N2O2. The molecule has 5 aliphatic rings. The Bertz CT molecular complexity index is 807. The number of piperidine rings is 2. The lowest BCUT2D eigenvalue weighted by atomic mass is 9.43. The number of anilines is 1. The molecule has 0 aromatic heterocycles. The van der Waals surface area contributed by atoms with Crippen LogP contribution in [-0.2, 0) is 10.2 Å². The van der Waals surface area contributed by atoms with Crippen LogP contribution in [0.15, 0.2) is 35.9 Å². The molecule has 1 saturated carbocycles. The number of allylic oxidation sites excluding steroid dienone is 1. The molecule has 0 radical (unpaired) electrons. The lowest BCUT2D eigenvalue weighted by molar-refractivity contribution is -0.166. The van der Waals surface area contributed by atoms with Crippen LogP contribution >= 0.6 is 0 Å². The molecule has 6 rings (SSSR count). The van der Waals surface area contributed by atoms with Crippen LogP contribution in [0.4, 0.5) is 5.69 Å². The van der Waals surface area contributed by atoms with E-state index in [2.05, 4.69) is 54.1 Å². The van der Waals surface area contributed by atoms with Crippen molar-refractivity contribution < 1.29 is 9.84 Å². The van der Waals surface area contributed by atoms with Crippen LogP contribution in [0.2, 0.25) is 0 Å². The van der Waals surface area contributed by atoms with E-state index in [1.54, 1.807) is 0 Å². The highest BCUT2D eigenvalue weighted by atomic mass is 16.5. The summed E-state index contributed by atoms with van der Waals surface area (Å²) in [4.78, 5) is 5.08. The monoisotopic (exact) mass is 338 g/mol. The van der Waals surface area contributed by atoms with Crippen molar-refractivity contribution >= 4 is 5.69 Å². The number of rotatable bonds is 1. The second kappa shape index (κ2) is 4.30. The Morgan fingerprint density at radius 3 is 3.00 bits per heavy atom. The standard InChI is InChI=1S/C21H26N2O2/c1-3-14-11-23-9-8-20-15-6-4-5-7-17(15)22(2)21(20)18(23)10-16(14)19(20,12-24)13-25-21/h3-7,16,18,24H,8-13H2,1-2H3/b14-3-/t16-,18-,19-,20-,21+/m0/s1. The number of para-hydroxylation sites is 1. The number of fused-ring (bicyclic) bond motifs is 3. The fourth-order valence-corrected chi connectivity index (χ4v) is 7.65. The van der Waals surface area contributed by atoms with E-state index in [0.29, 0.717) is 18.6 Å². The highest BCUT2D eigenvalue weighted by molar-refractivity contribution is 5.70. The number of ether oxygens (including phenoxy) is 1. The molecule has 4 aliphatic heterocycles. The largest absolute Gasteiger partial charge is 0.396 e. The predicted octanol–water partition coefficient (Wildman–Crippen LogP) is 2.13. The highest BCUT2D eigenvalue weighted by Gasteiger charge is 2.84. The smallest absolute Gasteiger partial charge is 0.167 e. The number of likely N-dealkylation sites (N-methyl/N-ethyl adjacent to an activating group) is 1. The van der Waals surface area contributed by atoms with Crippen molar-refractivity contribution in [1.29, 1.82) is 0 Å². The van der Waals surface area contributed by atoms with Crippen LogP contribution in [0.1, 0.15) is 25.3 Å². The zero-order valence-electron chi connectivity index (χ0n) is 15.0. The Hall–Kier alpha value is -1.36. The van der Waals surface area contributed by atoms with Gasteiger partial charge in [-0.25, -0.2) is 0 Å². The lowest BCUT2D eigenvalue weighted by Gasteiger charge is -2.67. The van der Waals surface area contributed by atoms with Gasteiger partial charge >= 0.3 is 0 Å². The zero-order valence-corrected chi connectivity index (χ0v) is 15.0. The Morgan fingerprint density at radius 1 is 1.36 bits per heavy atom. The molecule has 1 aromatic rings. The minimum absolute atomic E-state index is 0.0984. The van der Waals surface area contributed by atoms with Crippen molar-refractivity contribution in [3.63, 3.8) is 0 Å². The maximum Gasteiger partial charge on any atom is 0.167 e. The van der Waals surface area contributed by atoms with E-state index in [1.807, 2.05) is 0 Å². The molecule has 1 aliphatic carbocycles. The van der Waals surface area contributed by atoms with Gasteiger partial charge in [-0.2, -0.15) is 0 Å². The molecule has 0 amide bonds. The van der Waals surface area contributed by atoms with Gasteiger partial charge < -0.3 is 14.7 Å². The summed E-state index contributed by atoms with van der Waals surface area (Å²) in [5, 5.41) is 10.8. The van der Waals surface area contributed by atoms with Crippen LogP contribution < -0.4 is 4.90 Å². The Labute approximate surface area is 149 Å². The summed E-state index contributed by atoms with van der Waals surface area (Å²) in [6.45, 7) is 5.20. The third-order valence-corrected chi connectivity index (χ3v) is 8.51. The Balaban J connectivity index is 1.73. The first-order valence-corrected chi connectivity index (χ1v) is 9.63. The molecule has 3 saturated heterocycles. The average Bonchev–Trinajstić information content (AvgIpc) is 3.03. The molecule has 4 nitrogen and oxygen atoms in total. The second-order valence-electron chi connectivity index (χ2n) is 8.67. The first-order valence-electron chi connectivity index (χ1n) is 9.63. The van der Waals surface area contributed by atoms with Gasteiger partial charge in [0.05, 0.1) is 24.7 Å². The van der Waals surface area contributed by atoms with Gasteiger partial charge in [-0.1, -0.05) is 29.8 Å². The predicted molar refractivity (Wildman–Crippen MR) is 96.6 cm³/mol. The maximum atomic E-state index is 10.8. The molecule has 5 bridgehead atoms. The van der Waals surface area contributed by atoms with Gasteiger partial charge in [0, 0.05) is 31.2 Å². The molecular weight excluding hydrogens is 312 g/mol. The normalized spacial score (nSPS) is 48.1. The summed E-state index contributed by atoms with van der Waals surface area (Å²) in [6, 6.07) is 9.26. The van der Waals surface area contributed by atoms with Crippen LogP contribution in [-0.4, -0.2) is 55.1 Å². The van der Waals surface area contributed by atoms with E-state index in [-0.39, 0.29) is 23.2 Å². The maximum absolute atomic E-state index is 10.8. The van der Waals surface area contributed by atoms with Gasteiger partial charge in [-0.15, -0.1) is 0 Å². The van der Waals surface area contributed by atoms with Gasteiger partial charge in [0.25, 0.3) is 0 Å². The first-order chi connectivity index (χ1) is 12.2. The van der Waals surface area contributed by atoms with Gasteiger partial charge in [-0.05, 0) is 37.3 Å². The fraction of sp³-hybridized carbons (Fsp3) is 0.619. The Morgan fingerprint density at radius 2 is 2.20 bits per heavy atom. The van der Waals surface area contributed by atoms with Gasteiger partial charge in [0.2, 0.25) is 0 Å². The van der Waals surface area contributed by atoms with Crippen molar-refractivity contribution in [2.75, 3.05) is 38.3 Å². The summed E-state index contributed by atoms with van der Waals surface area (Å²) in [5.74, 6) is 0.430.